The van der Waals surface area contributed by atoms with Gasteiger partial charge in [-0.2, -0.15) is 0 Å². The second-order valence-corrected chi connectivity index (χ2v) is 7.91. The van der Waals surface area contributed by atoms with E-state index >= 15 is 0 Å². The number of amides is 4. The van der Waals surface area contributed by atoms with E-state index in [1.54, 1.807) is 4.90 Å². The van der Waals surface area contributed by atoms with Gasteiger partial charge < -0.3 is 15.0 Å². The lowest BCUT2D eigenvalue weighted by Gasteiger charge is -2.37. The van der Waals surface area contributed by atoms with Crippen molar-refractivity contribution in [1.82, 2.24) is 15.1 Å². The summed E-state index contributed by atoms with van der Waals surface area (Å²) >= 11 is 0. The van der Waals surface area contributed by atoms with Crippen LogP contribution in [0.3, 0.4) is 0 Å². The summed E-state index contributed by atoms with van der Waals surface area (Å²) < 4.78 is 5.78. The Morgan fingerprint density at radius 1 is 1.27 bits per heavy atom. The lowest BCUT2D eigenvalue weighted by atomic mass is 9.73. The number of carbonyl (C=O) groups is 3. The number of hydrogen-bond acceptors (Lipinski definition) is 4. The van der Waals surface area contributed by atoms with Crippen molar-refractivity contribution in [2.75, 3.05) is 26.2 Å². The first-order chi connectivity index (χ1) is 12.5. The molecule has 2 heterocycles. The van der Waals surface area contributed by atoms with Gasteiger partial charge >= 0.3 is 6.03 Å². The zero-order valence-corrected chi connectivity index (χ0v) is 16.0. The van der Waals surface area contributed by atoms with Gasteiger partial charge in [0.2, 0.25) is 5.91 Å². The number of ether oxygens (including phenoxy) is 1. The molecular weight excluding hydrogens is 334 g/mol. The molecule has 0 aromatic carbocycles. The maximum Gasteiger partial charge on any atom is 0.325 e. The summed E-state index contributed by atoms with van der Waals surface area (Å²) in [5.41, 5.74) is -0.801. The molecule has 26 heavy (non-hydrogen) atoms. The van der Waals surface area contributed by atoms with Crippen LogP contribution >= 0.6 is 0 Å². The first kappa shape index (κ1) is 19.1. The first-order valence-corrected chi connectivity index (χ1v) is 10.0. The fraction of sp³-hybridized carbons (Fsp3) is 0.842. The fourth-order valence-corrected chi connectivity index (χ4v) is 4.46. The summed E-state index contributed by atoms with van der Waals surface area (Å²) in [5.74, 6) is -0.285. The van der Waals surface area contributed by atoms with Crippen molar-refractivity contribution < 1.29 is 19.1 Å². The SMILES string of the molecule is CCCO[C@@H]1CCCN(C(=O)CN2C(=O)N[C@]3(CCCC[C@H]3C)C2=O)C1. The molecule has 3 aliphatic rings. The van der Waals surface area contributed by atoms with E-state index in [1.165, 1.54) is 0 Å². The van der Waals surface area contributed by atoms with Gasteiger partial charge in [-0.25, -0.2) is 4.79 Å². The van der Waals surface area contributed by atoms with E-state index in [0.717, 1.165) is 43.4 Å². The number of piperidine rings is 1. The number of carbonyl (C=O) groups excluding carboxylic acids is 3. The first-order valence-electron chi connectivity index (χ1n) is 10.0. The lowest BCUT2D eigenvalue weighted by molar-refractivity contribution is -0.142. The Balaban J connectivity index is 1.62. The molecule has 146 valence electrons. The molecular formula is C19H31N3O4. The van der Waals surface area contributed by atoms with Crippen LogP contribution in [0.2, 0.25) is 0 Å². The Hall–Kier alpha value is -1.63. The molecule has 3 rings (SSSR count). The zero-order chi connectivity index (χ0) is 18.7. The summed E-state index contributed by atoms with van der Waals surface area (Å²) in [6.45, 7) is 5.81. The van der Waals surface area contributed by atoms with Gasteiger partial charge in [0.15, 0.2) is 0 Å². The number of hydrogen-bond donors (Lipinski definition) is 1. The predicted octanol–water partition coefficient (Wildman–Crippen LogP) is 1.90. The molecule has 0 bridgehead atoms. The van der Waals surface area contributed by atoms with E-state index in [4.69, 9.17) is 4.74 Å². The van der Waals surface area contributed by atoms with E-state index in [9.17, 15) is 14.4 Å². The number of nitrogens with one attached hydrogen (secondary N) is 1. The molecule has 4 amide bonds. The third-order valence-electron chi connectivity index (χ3n) is 6.08. The average Bonchev–Trinajstić information content (AvgIpc) is 2.87. The molecule has 0 aromatic heterocycles. The smallest absolute Gasteiger partial charge is 0.325 e. The van der Waals surface area contributed by atoms with Crippen LogP contribution in [0.5, 0.6) is 0 Å². The summed E-state index contributed by atoms with van der Waals surface area (Å²) in [5, 5.41) is 2.91. The van der Waals surface area contributed by atoms with Crippen LogP contribution < -0.4 is 5.32 Å². The van der Waals surface area contributed by atoms with Crippen LogP contribution in [-0.4, -0.2) is 65.5 Å². The molecule has 1 spiro atoms. The Morgan fingerprint density at radius 2 is 2.08 bits per heavy atom. The largest absolute Gasteiger partial charge is 0.376 e. The molecule has 0 radical (unpaired) electrons. The van der Waals surface area contributed by atoms with E-state index in [2.05, 4.69) is 12.2 Å². The maximum absolute atomic E-state index is 13.0. The van der Waals surface area contributed by atoms with Crippen LogP contribution in [0.4, 0.5) is 4.79 Å². The molecule has 2 aliphatic heterocycles. The molecule has 0 unspecified atom stereocenters. The second kappa shape index (κ2) is 7.94. The van der Waals surface area contributed by atoms with E-state index in [-0.39, 0.29) is 30.4 Å². The molecule has 1 aliphatic carbocycles. The minimum Gasteiger partial charge on any atom is -0.376 e. The molecule has 3 fully saturated rings. The van der Waals surface area contributed by atoms with Gasteiger partial charge in [-0.1, -0.05) is 26.7 Å². The van der Waals surface area contributed by atoms with Crippen molar-refractivity contribution >= 4 is 17.8 Å². The quantitative estimate of drug-likeness (QED) is 0.755. The highest BCUT2D eigenvalue weighted by Crippen LogP contribution is 2.38. The zero-order valence-electron chi connectivity index (χ0n) is 16.0. The molecule has 2 saturated heterocycles. The van der Waals surface area contributed by atoms with Gasteiger partial charge in [0, 0.05) is 19.7 Å². The Labute approximate surface area is 155 Å². The molecule has 1 saturated carbocycles. The van der Waals surface area contributed by atoms with Gasteiger partial charge in [0.05, 0.1) is 6.10 Å². The minimum atomic E-state index is -0.801. The van der Waals surface area contributed by atoms with Crippen molar-refractivity contribution in [3.8, 4) is 0 Å². The van der Waals surface area contributed by atoms with Crippen LogP contribution in [-0.2, 0) is 14.3 Å². The molecule has 0 aromatic rings. The Kier molecular flexibility index (Phi) is 5.85. The van der Waals surface area contributed by atoms with Crippen LogP contribution in [0.1, 0.15) is 58.8 Å². The highest BCUT2D eigenvalue weighted by Gasteiger charge is 2.55. The molecule has 7 heteroatoms. The van der Waals surface area contributed by atoms with Crippen molar-refractivity contribution in [2.45, 2.75) is 70.4 Å². The van der Waals surface area contributed by atoms with E-state index < -0.39 is 11.6 Å². The summed E-state index contributed by atoms with van der Waals surface area (Å²) in [7, 11) is 0. The second-order valence-electron chi connectivity index (χ2n) is 7.91. The maximum atomic E-state index is 13.0. The summed E-state index contributed by atoms with van der Waals surface area (Å²) in [4.78, 5) is 41.0. The average molecular weight is 365 g/mol. The monoisotopic (exact) mass is 365 g/mol. The van der Waals surface area contributed by atoms with Crippen LogP contribution in [0.15, 0.2) is 0 Å². The van der Waals surface area contributed by atoms with Gasteiger partial charge in [-0.05, 0) is 38.0 Å². The lowest BCUT2D eigenvalue weighted by Crippen LogP contribution is -2.54. The molecule has 3 atom stereocenters. The third kappa shape index (κ3) is 3.59. The topological polar surface area (TPSA) is 79.0 Å². The molecule has 7 nitrogen and oxygen atoms in total. The standard InChI is InChI=1S/C19H31N3O4/c1-3-11-26-15-8-6-10-21(12-15)16(23)13-22-17(24)19(20-18(22)25)9-5-4-7-14(19)2/h14-15H,3-13H2,1-2H3,(H,20,25)/t14-,15-,19+/m1/s1. The number of nitrogens with zero attached hydrogens (tertiary/aromatic N) is 2. The Morgan fingerprint density at radius 3 is 2.81 bits per heavy atom. The van der Waals surface area contributed by atoms with Gasteiger partial charge in [-0.15, -0.1) is 0 Å². The van der Waals surface area contributed by atoms with Crippen LogP contribution in [0, 0.1) is 5.92 Å². The number of urea groups is 1. The Bertz CT molecular complexity index is 567. The van der Waals surface area contributed by atoms with E-state index in [0.29, 0.717) is 26.1 Å². The van der Waals surface area contributed by atoms with Crippen molar-refractivity contribution in [1.29, 1.82) is 0 Å². The van der Waals surface area contributed by atoms with Crippen LogP contribution in [0.25, 0.3) is 0 Å². The van der Waals surface area contributed by atoms with Gasteiger partial charge in [0.25, 0.3) is 5.91 Å². The van der Waals surface area contributed by atoms with Gasteiger partial charge in [0.1, 0.15) is 12.1 Å². The van der Waals surface area contributed by atoms with Gasteiger partial charge in [-0.3, -0.25) is 14.5 Å². The third-order valence-corrected chi connectivity index (χ3v) is 6.08. The van der Waals surface area contributed by atoms with Crippen molar-refractivity contribution in [3.63, 3.8) is 0 Å². The number of likely N-dealkylation sites (tertiary alicyclic amines) is 1. The van der Waals surface area contributed by atoms with Crippen molar-refractivity contribution in [3.05, 3.63) is 0 Å². The highest BCUT2D eigenvalue weighted by atomic mass is 16.5. The predicted molar refractivity (Wildman–Crippen MR) is 96.5 cm³/mol. The van der Waals surface area contributed by atoms with E-state index in [1.807, 2.05) is 6.92 Å². The number of imide groups is 1. The fourth-order valence-electron chi connectivity index (χ4n) is 4.46. The number of rotatable bonds is 5. The highest BCUT2D eigenvalue weighted by molar-refractivity contribution is 6.09. The summed E-state index contributed by atoms with van der Waals surface area (Å²) in [6.07, 6.45) is 6.46. The minimum absolute atomic E-state index is 0.0560. The molecule has 1 N–H and O–H groups in total. The normalized spacial score (nSPS) is 32.2. The summed E-state index contributed by atoms with van der Waals surface area (Å²) in [6, 6.07) is -0.423. The van der Waals surface area contributed by atoms with Crippen molar-refractivity contribution in [2.24, 2.45) is 5.92 Å².